The monoisotopic (exact) mass is 431 g/mol. The van der Waals surface area contributed by atoms with E-state index < -0.39 is 5.97 Å². The maximum atomic E-state index is 11.0. The number of aromatic carboxylic acids is 1. The molecule has 1 aliphatic carbocycles. The van der Waals surface area contributed by atoms with Gasteiger partial charge in [-0.05, 0) is 30.5 Å². The molecular weight excluding hydrogens is 402 g/mol. The Balaban J connectivity index is 0.00000107. The normalized spacial score (nSPS) is 13.8. The number of rotatable bonds is 8. The van der Waals surface area contributed by atoms with Gasteiger partial charge in [0.1, 0.15) is 0 Å². The van der Waals surface area contributed by atoms with Crippen molar-refractivity contribution in [3.63, 3.8) is 0 Å². The Morgan fingerprint density at radius 3 is 2.32 bits per heavy atom. The molecule has 0 atom stereocenters. The molecule has 0 spiro atoms. The summed E-state index contributed by atoms with van der Waals surface area (Å²) in [5.41, 5.74) is 1.88. The zero-order chi connectivity index (χ0) is 22.6. The van der Waals surface area contributed by atoms with Crippen LogP contribution in [-0.2, 0) is 17.9 Å². The van der Waals surface area contributed by atoms with Crippen LogP contribution < -0.4 is 9.47 Å². The molecule has 0 bridgehead atoms. The van der Waals surface area contributed by atoms with Crippen molar-refractivity contribution in [2.24, 2.45) is 0 Å². The van der Waals surface area contributed by atoms with Gasteiger partial charge in [0.15, 0.2) is 17.2 Å². The van der Waals surface area contributed by atoms with Crippen LogP contribution in [0.15, 0.2) is 30.6 Å². The minimum absolute atomic E-state index is 0.0344. The lowest BCUT2D eigenvalue weighted by Gasteiger charge is -2.34. The highest BCUT2D eigenvalue weighted by Gasteiger charge is 2.22. The van der Waals surface area contributed by atoms with Crippen molar-refractivity contribution in [3.8, 4) is 11.5 Å². The molecule has 0 radical (unpaired) electrons. The first kappa shape index (κ1) is 24.1. The van der Waals surface area contributed by atoms with E-state index in [0.717, 1.165) is 30.6 Å². The lowest BCUT2D eigenvalue weighted by molar-refractivity contribution is -0.122. The number of hydrogen-bond acceptors (Lipinski definition) is 7. The topological polar surface area (TPSA) is 122 Å². The fourth-order valence-electron chi connectivity index (χ4n) is 3.73. The highest BCUT2D eigenvalue weighted by atomic mass is 16.5. The second-order valence-corrected chi connectivity index (χ2v) is 7.19. The van der Waals surface area contributed by atoms with Crippen molar-refractivity contribution in [3.05, 3.63) is 47.5 Å². The Bertz CT molecular complexity index is 838. The third-order valence-corrected chi connectivity index (χ3v) is 5.21. The van der Waals surface area contributed by atoms with Gasteiger partial charge in [0.05, 0.1) is 32.3 Å². The fraction of sp³-hybridized carbons (Fsp3) is 0.455. The predicted octanol–water partition coefficient (Wildman–Crippen LogP) is 3.23. The van der Waals surface area contributed by atoms with Crippen LogP contribution in [0.25, 0.3) is 0 Å². The smallest absolute Gasteiger partial charge is 0.356 e. The first-order chi connectivity index (χ1) is 15.0. The number of carboxylic acid groups (broad SMARTS) is 2. The van der Waals surface area contributed by atoms with Gasteiger partial charge in [-0.1, -0.05) is 25.3 Å². The maximum Gasteiger partial charge on any atom is 0.356 e. The predicted molar refractivity (Wildman–Crippen MR) is 113 cm³/mol. The largest absolute Gasteiger partial charge is 0.493 e. The average molecular weight is 431 g/mol. The van der Waals surface area contributed by atoms with E-state index in [-0.39, 0.29) is 12.2 Å². The molecule has 1 saturated carbocycles. The Hall–Kier alpha value is -3.20. The Morgan fingerprint density at radius 1 is 1.10 bits per heavy atom. The Morgan fingerprint density at radius 2 is 1.77 bits per heavy atom. The number of aromatic nitrogens is 2. The molecule has 0 amide bonds. The van der Waals surface area contributed by atoms with Crippen LogP contribution in [0.1, 0.15) is 53.8 Å². The molecule has 2 N–H and O–H groups in total. The van der Waals surface area contributed by atoms with E-state index >= 15 is 0 Å². The van der Waals surface area contributed by atoms with Crippen molar-refractivity contribution in [2.45, 2.75) is 51.2 Å². The first-order valence-corrected chi connectivity index (χ1v) is 10.1. The second kappa shape index (κ2) is 12.5. The minimum Gasteiger partial charge on any atom is -0.493 e. The maximum absolute atomic E-state index is 11.0. The Kier molecular flexibility index (Phi) is 9.70. The Labute approximate surface area is 181 Å². The third-order valence-electron chi connectivity index (χ3n) is 5.21. The lowest BCUT2D eigenvalue weighted by atomic mass is 9.93. The standard InChI is InChI=1S/C21H27N3O4.CH2O2/c1-27-19-9-8-15(10-20(19)28-2)13-24(17-6-4-3-5-7-17)14-16-11-23-18(12-22-16)21(25)26;2-1-3/h8-12,17H,3-7,13-14H2,1-2H3,(H,25,26);1H,(H,2,3). The molecule has 1 heterocycles. The lowest BCUT2D eigenvalue weighted by Crippen LogP contribution is -2.36. The van der Waals surface area contributed by atoms with Crippen molar-refractivity contribution in [2.75, 3.05) is 14.2 Å². The average Bonchev–Trinajstić information content (AvgIpc) is 2.80. The van der Waals surface area contributed by atoms with E-state index in [0.29, 0.717) is 24.1 Å². The molecule has 3 rings (SSSR count). The molecule has 2 aromatic rings. The van der Waals surface area contributed by atoms with E-state index in [1.165, 1.54) is 25.5 Å². The summed E-state index contributed by atoms with van der Waals surface area (Å²) in [5.74, 6) is 0.369. The van der Waals surface area contributed by atoms with Crippen LogP contribution in [-0.4, -0.2) is 57.8 Å². The van der Waals surface area contributed by atoms with Crippen LogP contribution >= 0.6 is 0 Å². The molecule has 0 unspecified atom stereocenters. The van der Waals surface area contributed by atoms with E-state index in [9.17, 15) is 4.79 Å². The van der Waals surface area contributed by atoms with Crippen molar-refractivity contribution in [1.29, 1.82) is 0 Å². The van der Waals surface area contributed by atoms with Crippen molar-refractivity contribution in [1.82, 2.24) is 14.9 Å². The molecule has 1 aliphatic rings. The highest BCUT2D eigenvalue weighted by molar-refractivity contribution is 5.84. The van der Waals surface area contributed by atoms with E-state index in [1.54, 1.807) is 20.4 Å². The van der Waals surface area contributed by atoms with Crippen LogP contribution in [0.4, 0.5) is 0 Å². The molecule has 0 aliphatic heterocycles. The molecule has 1 aromatic carbocycles. The molecule has 0 saturated heterocycles. The second-order valence-electron chi connectivity index (χ2n) is 7.19. The first-order valence-electron chi connectivity index (χ1n) is 10.1. The number of carboxylic acids is 1. The number of benzene rings is 1. The molecule has 1 aromatic heterocycles. The van der Waals surface area contributed by atoms with Gasteiger partial charge in [-0.15, -0.1) is 0 Å². The molecule has 1 fully saturated rings. The summed E-state index contributed by atoms with van der Waals surface area (Å²) in [6.07, 6.45) is 8.96. The molecule has 168 valence electrons. The van der Waals surface area contributed by atoms with Crippen molar-refractivity contribution < 1.29 is 29.3 Å². The number of carbonyl (C=O) groups is 2. The van der Waals surface area contributed by atoms with Crippen LogP contribution in [0.3, 0.4) is 0 Å². The summed E-state index contributed by atoms with van der Waals surface area (Å²) >= 11 is 0. The molecular formula is C22H29N3O6. The SMILES string of the molecule is COc1ccc(CN(Cc2cnc(C(=O)O)cn2)C2CCCCC2)cc1OC.O=CO. The summed E-state index contributed by atoms with van der Waals surface area (Å²) in [5, 5.41) is 15.9. The van der Waals surface area contributed by atoms with Gasteiger partial charge >= 0.3 is 5.97 Å². The molecule has 9 heteroatoms. The summed E-state index contributed by atoms with van der Waals surface area (Å²) < 4.78 is 10.8. The van der Waals surface area contributed by atoms with Crippen LogP contribution in [0.2, 0.25) is 0 Å². The number of methoxy groups -OCH3 is 2. The number of nitrogens with zero attached hydrogens (tertiary/aromatic N) is 3. The summed E-state index contributed by atoms with van der Waals surface area (Å²) in [7, 11) is 3.27. The van der Waals surface area contributed by atoms with E-state index in [1.807, 2.05) is 12.1 Å². The third kappa shape index (κ3) is 7.21. The van der Waals surface area contributed by atoms with E-state index in [4.69, 9.17) is 24.5 Å². The fourth-order valence-corrected chi connectivity index (χ4v) is 3.73. The van der Waals surface area contributed by atoms with E-state index in [2.05, 4.69) is 20.9 Å². The van der Waals surface area contributed by atoms with Gasteiger partial charge in [0.2, 0.25) is 0 Å². The van der Waals surface area contributed by atoms with Crippen molar-refractivity contribution >= 4 is 12.4 Å². The van der Waals surface area contributed by atoms with Gasteiger partial charge < -0.3 is 19.7 Å². The quantitative estimate of drug-likeness (QED) is 0.607. The molecule has 9 nitrogen and oxygen atoms in total. The van der Waals surface area contributed by atoms with Crippen LogP contribution in [0.5, 0.6) is 11.5 Å². The van der Waals surface area contributed by atoms with Gasteiger partial charge in [-0.25, -0.2) is 9.78 Å². The number of hydrogen-bond donors (Lipinski definition) is 2. The van der Waals surface area contributed by atoms with Gasteiger partial charge in [-0.2, -0.15) is 0 Å². The van der Waals surface area contributed by atoms with Gasteiger partial charge in [-0.3, -0.25) is 14.7 Å². The summed E-state index contributed by atoms with van der Waals surface area (Å²) in [6, 6.07) is 6.46. The van der Waals surface area contributed by atoms with Crippen LogP contribution in [0, 0.1) is 0 Å². The number of ether oxygens (including phenoxy) is 2. The highest BCUT2D eigenvalue weighted by Crippen LogP contribution is 2.30. The molecule has 31 heavy (non-hydrogen) atoms. The minimum atomic E-state index is -1.06. The zero-order valence-corrected chi connectivity index (χ0v) is 17.9. The summed E-state index contributed by atoms with van der Waals surface area (Å²) in [6.45, 7) is 1.14. The zero-order valence-electron chi connectivity index (χ0n) is 17.9. The van der Waals surface area contributed by atoms with Gasteiger partial charge in [0.25, 0.3) is 6.47 Å². The van der Waals surface area contributed by atoms with Gasteiger partial charge in [0, 0.05) is 19.1 Å². The summed E-state index contributed by atoms with van der Waals surface area (Å²) in [4.78, 5) is 30.1.